The quantitative estimate of drug-likeness (QED) is 0.0150. The van der Waals surface area contributed by atoms with Crippen molar-refractivity contribution in [1.82, 2.24) is 0 Å². The Morgan fingerprint density at radius 2 is 1.11 bits per heavy atom. The lowest BCUT2D eigenvalue weighted by Crippen LogP contribution is -2.12. The summed E-state index contributed by atoms with van der Waals surface area (Å²) < 4.78 is 54.7. The monoisotopic (exact) mass is 973 g/mol. The van der Waals surface area contributed by atoms with E-state index in [-0.39, 0.29) is 22.9 Å². The van der Waals surface area contributed by atoms with Crippen LogP contribution in [-0.2, 0) is 27.1 Å². The largest absolute Gasteiger partial charge is 0.494 e. The van der Waals surface area contributed by atoms with E-state index in [2.05, 4.69) is 50.5 Å². The van der Waals surface area contributed by atoms with E-state index >= 15 is 0 Å². The summed E-state index contributed by atoms with van der Waals surface area (Å²) in [6, 6.07) is 22.6. The molecule has 0 saturated heterocycles. The minimum atomic E-state index is -0.571. The Hall–Kier alpha value is -6.54. The van der Waals surface area contributed by atoms with Gasteiger partial charge in [0.15, 0.2) is 11.6 Å². The second kappa shape index (κ2) is 32.4. The number of benzene rings is 4. The average molecular weight is 973 g/mol. The fourth-order valence-electron chi connectivity index (χ4n) is 7.79. The van der Waals surface area contributed by atoms with Crippen LogP contribution in [0.5, 0.6) is 28.7 Å². The molecule has 71 heavy (non-hydrogen) atoms. The van der Waals surface area contributed by atoms with Crippen LogP contribution in [0.3, 0.4) is 0 Å². The molecule has 0 N–H and O–H groups in total. The van der Waals surface area contributed by atoms with E-state index in [1.807, 2.05) is 12.1 Å². The Labute approximate surface area is 421 Å². The molecular weight excluding hydrogens is 900 g/mol. The van der Waals surface area contributed by atoms with Crippen molar-refractivity contribution < 1.29 is 51.9 Å². The number of carbonyl (C=O) groups excluding carboxylic acids is 3. The summed E-state index contributed by atoms with van der Waals surface area (Å²) in [5.41, 5.74) is 4.62. The summed E-state index contributed by atoms with van der Waals surface area (Å²) in [6.07, 6.45) is 21.2. The van der Waals surface area contributed by atoms with Crippen molar-refractivity contribution >= 4 is 17.9 Å². The van der Waals surface area contributed by atoms with Gasteiger partial charge in [-0.15, -0.1) is 0 Å². The van der Waals surface area contributed by atoms with E-state index in [4.69, 9.17) is 33.2 Å². The second-order valence-corrected chi connectivity index (χ2v) is 17.7. The molecule has 0 amide bonds. The maximum Gasteiger partial charge on any atom is 0.343 e. The van der Waals surface area contributed by atoms with E-state index < -0.39 is 17.9 Å². The Balaban J connectivity index is 1.02. The Morgan fingerprint density at radius 1 is 0.549 bits per heavy atom. The van der Waals surface area contributed by atoms with Crippen LogP contribution in [0.4, 0.5) is 4.39 Å². The van der Waals surface area contributed by atoms with E-state index in [9.17, 15) is 18.8 Å². The summed E-state index contributed by atoms with van der Waals surface area (Å²) in [4.78, 5) is 37.6. The van der Waals surface area contributed by atoms with Crippen molar-refractivity contribution in [3.8, 4) is 40.6 Å². The van der Waals surface area contributed by atoms with Gasteiger partial charge < -0.3 is 33.2 Å². The summed E-state index contributed by atoms with van der Waals surface area (Å²) in [7, 11) is 0. The van der Waals surface area contributed by atoms with Gasteiger partial charge >= 0.3 is 17.9 Å². The van der Waals surface area contributed by atoms with Crippen LogP contribution in [-0.4, -0.2) is 57.5 Å². The van der Waals surface area contributed by atoms with Gasteiger partial charge in [-0.05, 0) is 155 Å². The molecule has 4 aromatic rings. The molecule has 0 atom stereocenters. The molecule has 5 rings (SSSR count). The lowest BCUT2D eigenvalue weighted by molar-refractivity contribution is -0.137. The highest BCUT2D eigenvalue weighted by Gasteiger charge is 2.19. The molecule has 4 aromatic carbocycles. The molecular formula is C60H73FO10. The lowest BCUT2D eigenvalue weighted by atomic mass is 9.91. The first-order valence-corrected chi connectivity index (χ1v) is 25.8. The topological polar surface area (TPSA) is 116 Å². The lowest BCUT2D eigenvalue weighted by Gasteiger charge is -2.16. The molecule has 0 spiro atoms. The summed E-state index contributed by atoms with van der Waals surface area (Å²) >= 11 is 0. The van der Waals surface area contributed by atoms with Crippen molar-refractivity contribution in [1.29, 1.82) is 0 Å². The molecule has 0 bridgehead atoms. The molecule has 11 heteroatoms. The minimum absolute atomic E-state index is 0.206. The van der Waals surface area contributed by atoms with Crippen LogP contribution in [0.15, 0.2) is 103 Å². The maximum atomic E-state index is 14.6. The van der Waals surface area contributed by atoms with Crippen LogP contribution < -0.4 is 23.7 Å². The Bertz CT molecular complexity index is 2380. The molecule has 0 heterocycles. The van der Waals surface area contributed by atoms with Crippen LogP contribution in [0.2, 0.25) is 0 Å². The predicted molar refractivity (Wildman–Crippen MR) is 276 cm³/mol. The summed E-state index contributed by atoms with van der Waals surface area (Å²) in [5, 5.41) is 0. The average Bonchev–Trinajstić information content (AvgIpc) is 3.38. The molecule has 0 saturated carbocycles. The molecule has 380 valence electrons. The molecule has 0 fully saturated rings. The van der Waals surface area contributed by atoms with Gasteiger partial charge in [0.1, 0.15) is 28.6 Å². The zero-order valence-corrected chi connectivity index (χ0v) is 42.0. The van der Waals surface area contributed by atoms with E-state index in [0.717, 1.165) is 139 Å². The van der Waals surface area contributed by atoms with Crippen LogP contribution in [0, 0.1) is 17.7 Å². The van der Waals surface area contributed by atoms with Crippen molar-refractivity contribution in [2.75, 3.05) is 39.6 Å². The first-order valence-electron chi connectivity index (χ1n) is 25.8. The number of unbranched alkanes of at least 4 members (excludes halogenated alkanes) is 13. The summed E-state index contributed by atoms with van der Waals surface area (Å²) in [6.45, 7) is 10.4. The van der Waals surface area contributed by atoms with Gasteiger partial charge in [-0.1, -0.05) is 89.4 Å². The SMILES string of the molecule is C=CC(=O)OCCCCCCOc1ccc(C(=O)Oc2ccc(OCCCCCCOc3ccc4c(c3)CC=C(C#Cc3ccc(OCCCCCC)c(F)c3)C4)c(C(=O)OCCCCCCC)c2)cc1. The number of hydrogen-bond acceptors (Lipinski definition) is 10. The number of halogens is 1. The van der Waals surface area contributed by atoms with Crippen molar-refractivity contribution in [2.24, 2.45) is 0 Å². The molecule has 0 unspecified atom stereocenters. The maximum absolute atomic E-state index is 14.6. The van der Waals surface area contributed by atoms with Gasteiger partial charge in [0, 0.05) is 23.6 Å². The molecule has 0 aromatic heterocycles. The van der Waals surface area contributed by atoms with Gasteiger partial charge in [0.2, 0.25) is 0 Å². The normalized spacial score (nSPS) is 11.6. The molecule has 0 radical (unpaired) electrons. The predicted octanol–water partition coefficient (Wildman–Crippen LogP) is 13.9. The van der Waals surface area contributed by atoms with Crippen LogP contribution in [0.25, 0.3) is 0 Å². The van der Waals surface area contributed by atoms with Crippen LogP contribution >= 0.6 is 0 Å². The first-order chi connectivity index (χ1) is 34.8. The van der Waals surface area contributed by atoms with Crippen molar-refractivity contribution in [3.63, 3.8) is 0 Å². The van der Waals surface area contributed by atoms with Gasteiger partial charge in [0.05, 0.1) is 45.2 Å². The number of allylic oxidation sites excluding steroid dienone is 2. The second-order valence-electron chi connectivity index (χ2n) is 17.7. The molecule has 10 nitrogen and oxygen atoms in total. The minimum Gasteiger partial charge on any atom is -0.494 e. The zero-order valence-electron chi connectivity index (χ0n) is 42.0. The van der Waals surface area contributed by atoms with E-state index in [1.165, 1.54) is 23.3 Å². The number of esters is 3. The fourth-order valence-corrected chi connectivity index (χ4v) is 7.79. The number of carbonyl (C=O) groups is 3. The molecule has 0 aliphatic heterocycles. The smallest absolute Gasteiger partial charge is 0.343 e. The van der Waals surface area contributed by atoms with Gasteiger partial charge in [-0.25, -0.2) is 18.8 Å². The standard InChI is InChI=1S/C60H73FO10/c1-4-7-9-11-21-41-70-60(64)54-45-53(71-59(63)48-27-30-51(31-28-48)65-36-17-13-15-20-40-69-58(62)6-3)33-35-56(54)67-38-19-14-12-18-37-66-52-32-29-49-42-46(24-26-50(49)44-52)22-23-47-25-34-57(55(61)43-47)68-39-16-10-8-5-2/h6,24-25,27-35,43-45H,3-5,7-21,26,36-42H2,1-2H3. The third-order valence-corrected chi connectivity index (χ3v) is 11.9. The molecule has 1 aliphatic carbocycles. The highest BCUT2D eigenvalue weighted by atomic mass is 19.1. The number of fused-ring (bicyclic) bond motifs is 1. The third-order valence-electron chi connectivity index (χ3n) is 11.9. The van der Waals surface area contributed by atoms with Gasteiger partial charge in [0.25, 0.3) is 0 Å². The van der Waals surface area contributed by atoms with Gasteiger partial charge in [-0.2, -0.15) is 0 Å². The molecule has 1 aliphatic rings. The van der Waals surface area contributed by atoms with Crippen molar-refractivity contribution in [2.45, 2.75) is 136 Å². The Kier molecular flexibility index (Phi) is 25.2. The highest BCUT2D eigenvalue weighted by Crippen LogP contribution is 2.28. The van der Waals surface area contributed by atoms with E-state index in [1.54, 1.807) is 42.5 Å². The number of ether oxygens (including phenoxy) is 7. The summed E-state index contributed by atoms with van der Waals surface area (Å²) in [5.74, 6) is 6.82. The van der Waals surface area contributed by atoms with E-state index in [0.29, 0.717) is 62.3 Å². The number of hydrogen-bond donors (Lipinski definition) is 0. The Morgan fingerprint density at radius 3 is 1.77 bits per heavy atom. The van der Waals surface area contributed by atoms with Gasteiger partial charge in [-0.3, -0.25) is 0 Å². The first kappa shape index (κ1) is 55.4. The number of rotatable bonds is 33. The van der Waals surface area contributed by atoms with Crippen molar-refractivity contribution in [3.05, 3.63) is 137 Å². The zero-order chi connectivity index (χ0) is 50.3. The van der Waals surface area contributed by atoms with Crippen LogP contribution in [0.1, 0.15) is 160 Å². The highest BCUT2D eigenvalue weighted by molar-refractivity contribution is 5.94. The third kappa shape index (κ3) is 20.8. The fraction of sp³-hybridized carbons (Fsp3) is 0.450.